The van der Waals surface area contributed by atoms with E-state index < -0.39 is 0 Å². The number of nitrogens with zero attached hydrogens (tertiary/aromatic N) is 2. The van der Waals surface area contributed by atoms with Crippen LogP contribution >= 0.6 is 0 Å². The molecule has 1 heterocycles. The normalized spacial score (nSPS) is 14.7. The van der Waals surface area contributed by atoms with Crippen molar-refractivity contribution in [3.05, 3.63) is 59.9 Å². The van der Waals surface area contributed by atoms with E-state index in [1.165, 1.54) is 12.1 Å². The molecule has 2 aromatic rings. The number of piperazine rings is 1. The zero-order valence-electron chi connectivity index (χ0n) is 16.4. The summed E-state index contributed by atoms with van der Waals surface area (Å²) in [6.45, 7) is 5.20. The van der Waals surface area contributed by atoms with E-state index in [2.05, 4.69) is 15.1 Å². The molecule has 0 atom stereocenters. The van der Waals surface area contributed by atoms with Crippen LogP contribution in [0, 0.1) is 5.82 Å². The van der Waals surface area contributed by atoms with Crippen LogP contribution in [0.5, 0.6) is 5.75 Å². The highest BCUT2D eigenvalue weighted by Gasteiger charge is 2.17. The molecule has 3 rings (SSSR count). The number of methoxy groups -OCH3 is 1. The molecule has 0 bridgehead atoms. The number of hydrogen-bond acceptors (Lipinski definition) is 4. The van der Waals surface area contributed by atoms with Gasteiger partial charge < -0.3 is 15.0 Å². The third-order valence-electron chi connectivity index (χ3n) is 5.13. The standard InChI is InChI=1S/C22H28FN3O2/c1-28-21-5-3-2-4-18(21)6-11-22(27)24-12-13-25-14-16-26(17-15-25)20-9-7-19(23)8-10-20/h2-5,7-10H,6,11-17H2,1H3,(H,24,27). The van der Waals surface area contributed by atoms with E-state index in [0.29, 0.717) is 19.4 Å². The summed E-state index contributed by atoms with van der Waals surface area (Å²) in [6, 6.07) is 14.5. The summed E-state index contributed by atoms with van der Waals surface area (Å²) in [4.78, 5) is 16.7. The summed E-state index contributed by atoms with van der Waals surface area (Å²) >= 11 is 0. The summed E-state index contributed by atoms with van der Waals surface area (Å²) in [5.41, 5.74) is 2.11. The molecule has 1 N–H and O–H groups in total. The average Bonchev–Trinajstić information content (AvgIpc) is 2.73. The van der Waals surface area contributed by atoms with Crippen molar-refractivity contribution in [2.75, 3.05) is 51.3 Å². The van der Waals surface area contributed by atoms with E-state index in [0.717, 1.165) is 49.7 Å². The Balaban J connectivity index is 1.33. The van der Waals surface area contributed by atoms with Crippen molar-refractivity contribution in [3.8, 4) is 5.75 Å². The Morgan fingerprint density at radius 3 is 2.50 bits per heavy atom. The zero-order valence-corrected chi connectivity index (χ0v) is 16.4. The summed E-state index contributed by atoms with van der Waals surface area (Å²) in [6.07, 6.45) is 1.13. The van der Waals surface area contributed by atoms with Crippen LogP contribution in [-0.2, 0) is 11.2 Å². The molecule has 1 saturated heterocycles. The fourth-order valence-corrected chi connectivity index (χ4v) is 3.48. The van der Waals surface area contributed by atoms with E-state index in [-0.39, 0.29) is 11.7 Å². The zero-order chi connectivity index (χ0) is 19.8. The molecule has 150 valence electrons. The van der Waals surface area contributed by atoms with Gasteiger partial charge in [0.15, 0.2) is 0 Å². The van der Waals surface area contributed by atoms with Gasteiger partial charge in [-0.05, 0) is 42.3 Å². The lowest BCUT2D eigenvalue weighted by molar-refractivity contribution is -0.121. The number of para-hydroxylation sites is 1. The quantitative estimate of drug-likeness (QED) is 0.759. The van der Waals surface area contributed by atoms with E-state index >= 15 is 0 Å². The number of carbonyl (C=O) groups excluding carboxylic acids is 1. The Labute approximate surface area is 166 Å². The minimum absolute atomic E-state index is 0.0656. The molecule has 0 radical (unpaired) electrons. The summed E-state index contributed by atoms with van der Waals surface area (Å²) in [5, 5.41) is 3.01. The molecule has 0 aliphatic carbocycles. The SMILES string of the molecule is COc1ccccc1CCC(=O)NCCN1CCN(c2ccc(F)cc2)CC1. The largest absolute Gasteiger partial charge is 0.496 e. The van der Waals surface area contributed by atoms with Gasteiger partial charge in [-0.15, -0.1) is 0 Å². The van der Waals surface area contributed by atoms with Crippen LogP contribution in [0.15, 0.2) is 48.5 Å². The van der Waals surface area contributed by atoms with E-state index in [9.17, 15) is 9.18 Å². The number of hydrogen-bond donors (Lipinski definition) is 1. The Morgan fingerprint density at radius 2 is 1.79 bits per heavy atom. The molecular formula is C22H28FN3O2. The molecular weight excluding hydrogens is 357 g/mol. The van der Waals surface area contributed by atoms with Crippen molar-refractivity contribution < 1.29 is 13.9 Å². The van der Waals surface area contributed by atoms with Crippen LogP contribution in [-0.4, -0.2) is 57.2 Å². The van der Waals surface area contributed by atoms with Gasteiger partial charge in [0.2, 0.25) is 5.91 Å². The van der Waals surface area contributed by atoms with E-state index in [1.807, 2.05) is 36.4 Å². The summed E-state index contributed by atoms with van der Waals surface area (Å²) in [7, 11) is 1.65. The van der Waals surface area contributed by atoms with E-state index in [1.54, 1.807) is 7.11 Å². The lowest BCUT2D eigenvalue weighted by Crippen LogP contribution is -2.48. The van der Waals surface area contributed by atoms with E-state index in [4.69, 9.17) is 4.74 Å². The summed E-state index contributed by atoms with van der Waals surface area (Å²) < 4.78 is 18.4. The molecule has 0 saturated carbocycles. The first-order valence-electron chi connectivity index (χ1n) is 9.77. The van der Waals surface area contributed by atoms with Gasteiger partial charge >= 0.3 is 0 Å². The van der Waals surface area contributed by atoms with Gasteiger partial charge in [0.1, 0.15) is 11.6 Å². The highest BCUT2D eigenvalue weighted by molar-refractivity contribution is 5.76. The maximum absolute atomic E-state index is 13.0. The predicted octanol–water partition coefficient (Wildman–Crippen LogP) is 2.71. The number of rotatable bonds is 8. The smallest absolute Gasteiger partial charge is 0.220 e. The van der Waals surface area contributed by atoms with Crippen molar-refractivity contribution >= 4 is 11.6 Å². The topological polar surface area (TPSA) is 44.8 Å². The Kier molecular flexibility index (Phi) is 7.25. The van der Waals surface area contributed by atoms with Crippen LogP contribution in [0.25, 0.3) is 0 Å². The molecule has 6 heteroatoms. The van der Waals surface area contributed by atoms with Crippen molar-refractivity contribution in [3.63, 3.8) is 0 Å². The van der Waals surface area contributed by atoms with Gasteiger partial charge in [-0.2, -0.15) is 0 Å². The second kappa shape index (κ2) is 10.1. The number of benzene rings is 2. The Hall–Kier alpha value is -2.60. The number of halogens is 1. The fraction of sp³-hybridized carbons (Fsp3) is 0.409. The lowest BCUT2D eigenvalue weighted by Gasteiger charge is -2.36. The predicted molar refractivity (Wildman–Crippen MR) is 109 cm³/mol. The van der Waals surface area contributed by atoms with Crippen LogP contribution in [0.2, 0.25) is 0 Å². The van der Waals surface area contributed by atoms with Crippen molar-refractivity contribution in [1.82, 2.24) is 10.2 Å². The highest BCUT2D eigenvalue weighted by atomic mass is 19.1. The van der Waals surface area contributed by atoms with Gasteiger partial charge in [-0.3, -0.25) is 9.69 Å². The Morgan fingerprint density at radius 1 is 1.07 bits per heavy atom. The monoisotopic (exact) mass is 385 g/mol. The molecule has 5 nitrogen and oxygen atoms in total. The number of aryl methyl sites for hydroxylation is 1. The lowest BCUT2D eigenvalue weighted by atomic mass is 10.1. The molecule has 0 spiro atoms. The number of amides is 1. The minimum Gasteiger partial charge on any atom is -0.496 e. The molecule has 28 heavy (non-hydrogen) atoms. The Bertz CT molecular complexity index is 759. The second-order valence-corrected chi connectivity index (χ2v) is 6.97. The molecule has 0 unspecified atom stereocenters. The van der Waals surface area contributed by atoms with Crippen molar-refractivity contribution in [2.24, 2.45) is 0 Å². The van der Waals surface area contributed by atoms with Gasteiger partial charge in [-0.1, -0.05) is 18.2 Å². The minimum atomic E-state index is -0.205. The number of nitrogens with one attached hydrogen (secondary N) is 1. The third kappa shape index (κ3) is 5.70. The van der Waals surface area contributed by atoms with Gasteiger partial charge in [0.25, 0.3) is 0 Å². The maximum atomic E-state index is 13.0. The molecule has 2 aromatic carbocycles. The third-order valence-corrected chi connectivity index (χ3v) is 5.13. The molecule has 1 fully saturated rings. The van der Waals surface area contributed by atoms with Crippen molar-refractivity contribution in [2.45, 2.75) is 12.8 Å². The van der Waals surface area contributed by atoms with Crippen LogP contribution in [0.4, 0.5) is 10.1 Å². The first-order valence-corrected chi connectivity index (χ1v) is 9.77. The van der Waals surface area contributed by atoms with Crippen LogP contribution in [0.1, 0.15) is 12.0 Å². The highest BCUT2D eigenvalue weighted by Crippen LogP contribution is 2.19. The molecule has 0 aromatic heterocycles. The van der Waals surface area contributed by atoms with Crippen LogP contribution in [0.3, 0.4) is 0 Å². The molecule has 1 aliphatic heterocycles. The van der Waals surface area contributed by atoms with Gasteiger partial charge in [-0.25, -0.2) is 4.39 Å². The average molecular weight is 385 g/mol. The molecule has 1 amide bonds. The fourth-order valence-electron chi connectivity index (χ4n) is 3.48. The number of anilines is 1. The van der Waals surface area contributed by atoms with Gasteiger partial charge in [0, 0.05) is 51.4 Å². The first-order chi connectivity index (χ1) is 13.7. The van der Waals surface area contributed by atoms with Gasteiger partial charge in [0.05, 0.1) is 7.11 Å². The number of ether oxygens (including phenoxy) is 1. The van der Waals surface area contributed by atoms with Crippen molar-refractivity contribution in [1.29, 1.82) is 0 Å². The van der Waals surface area contributed by atoms with Crippen LogP contribution < -0.4 is 15.0 Å². The first kappa shape index (κ1) is 20.1. The molecule has 1 aliphatic rings. The summed E-state index contributed by atoms with van der Waals surface area (Å²) in [5.74, 6) is 0.689. The second-order valence-electron chi connectivity index (χ2n) is 6.97. The maximum Gasteiger partial charge on any atom is 0.220 e. The number of carbonyl (C=O) groups is 1.